The van der Waals surface area contributed by atoms with Crippen molar-refractivity contribution in [1.82, 2.24) is 20.0 Å². The summed E-state index contributed by atoms with van der Waals surface area (Å²) in [7, 11) is 2.02. The molecule has 0 aliphatic carbocycles. The van der Waals surface area contributed by atoms with Crippen LogP contribution in [0.2, 0.25) is 0 Å². The Morgan fingerprint density at radius 1 is 1.32 bits per heavy atom. The molecule has 1 saturated heterocycles. The van der Waals surface area contributed by atoms with Crippen LogP contribution in [0.4, 0.5) is 0 Å². The second-order valence-corrected chi connectivity index (χ2v) is 5.63. The number of hydrogen-bond acceptors (Lipinski definition) is 3. The zero-order valence-electron chi connectivity index (χ0n) is 12.8. The van der Waals surface area contributed by atoms with Crippen molar-refractivity contribution in [2.75, 3.05) is 13.1 Å². The molecule has 1 N–H and O–H groups in total. The van der Waals surface area contributed by atoms with Crippen LogP contribution in [0.15, 0.2) is 6.20 Å². The van der Waals surface area contributed by atoms with Crippen LogP contribution in [0.1, 0.15) is 44.9 Å². The molecule has 0 bridgehead atoms. The minimum absolute atomic E-state index is 0.643. The number of piperazine rings is 1. The number of nitrogens with one attached hydrogen (secondary N) is 1. The smallest absolute Gasteiger partial charge is 0.0666 e. The van der Waals surface area contributed by atoms with Gasteiger partial charge in [-0.2, -0.15) is 5.10 Å². The van der Waals surface area contributed by atoms with Crippen LogP contribution in [-0.2, 0) is 20.0 Å². The molecule has 0 spiro atoms. The van der Waals surface area contributed by atoms with E-state index < -0.39 is 0 Å². The Kier molecular flexibility index (Phi) is 4.99. The lowest BCUT2D eigenvalue weighted by atomic mass is 10.0. The third kappa shape index (κ3) is 3.37. The normalized spacial score (nSPS) is 24.8. The van der Waals surface area contributed by atoms with Gasteiger partial charge in [-0.1, -0.05) is 20.8 Å². The van der Waals surface area contributed by atoms with Gasteiger partial charge in [-0.05, 0) is 19.3 Å². The molecule has 0 amide bonds. The average molecular weight is 264 g/mol. The summed E-state index contributed by atoms with van der Waals surface area (Å²) < 4.78 is 1.95. The van der Waals surface area contributed by atoms with E-state index in [1.165, 1.54) is 24.1 Å². The molecule has 1 aromatic rings. The number of aromatic nitrogens is 2. The summed E-state index contributed by atoms with van der Waals surface area (Å²) in [6.07, 6.45) is 5.64. The van der Waals surface area contributed by atoms with Gasteiger partial charge >= 0.3 is 0 Å². The van der Waals surface area contributed by atoms with Gasteiger partial charge in [0.1, 0.15) is 0 Å². The molecule has 4 heteroatoms. The fourth-order valence-corrected chi connectivity index (χ4v) is 3.03. The van der Waals surface area contributed by atoms with E-state index >= 15 is 0 Å². The lowest BCUT2D eigenvalue weighted by molar-refractivity contribution is 0.117. The molecule has 1 aliphatic heterocycles. The monoisotopic (exact) mass is 264 g/mol. The maximum Gasteiger partial charge on any atom is 0.0666 e. The highest BCUT2D eigenvalue weighted by Gasteiger charge is 2.26. The summed E-state index contributed by atoms with van der Waals surface area (Å²) in [5, 5.41) is 8.22. The summed E-state index contributed by atoms with van der Waals surface area (Å²) in [5.74, 6) is 0. The Morgan fingerprint density at radius 3 is 2.74 bits per heavy atom. The van der Waals surface area contributed by atoms with Crippen molar-refractivity contribution < 1.29 is 0 Å². The molecule has 19 heavy (non-hydrogen) atoms. The first kappa shape index (κ1) is 14.5. The molecule has 2 rings (SSSR count). The Bertz CT molecular complexity index is 399. The van der Waals surface area contributed by atoms with E-state index in [2.05, 4.69) is 42.3 Å². The first-order valence-corrected chi connectivity index (χ1v) is 7.66. The van der Waals surface area contributed by atoms with Crippen molar-refractivity contribution in [3.05, 3.63) is 17.5 Å². The van der Waals surface area contributed by atoms with Crippen molar-refractivity contribution in [1.29, 1.82) is 0 Å². The molecular weight excluding hydrogens is 236 g/mol. The first-order valence-electron chi connectivity index (χ1n) is 7.66. The summed E-state index contributed by atoms with van der Waals surface area (Å²) in [6, 6.07) is 1.30. The van der Waals surface area contributed by atoms with Gasteiger partial charge < -0.3 is 5.32 Å². The second-order valence-electron chi connectivity index (χ2n) is 5.63. The largest absolute Gasteiger partial charge is 0.311 e. The molecular formula is C15H28N4. The Hall–Kier alpha value is -0.870. The predicted octanol–water partition coefficient (Wildman–Crippen LogP) is 1.94. The minimum Gasteiger partial charge on any atom is -0.311 e. The van der Waals surface area contributed by atoms with E-state index in [4.69, 9.17) is 0 Å². The highest BCUT2D eigenvalue weighted by atomic mass is 15.3. The van der Waals surface area contributed by atoms with Crippen LogP contribution in [0.25, 0.3) is 0 Å². The molecule has 4 nitrogen and oxygen atoms in total. The Morgan fingerprint density at radius 2 is 2.11 bits per heavy atom. The van der Waals surface area contributed by atoms with Gasteiger partial charge in [-0.25, -0.2) is 0 Å². The van der Waals surface area contributed by atoms with Crippen molar-refractivity contribution in [3.8, 4) is 0 Å². The number of aryl methyl sites for hydroxylation is 2. The topological polar surface area (TPSA) is 33.1 Å². The van der Waals surface area contributed by atoms with E-state index in [9.17, 15) is 0 Å². The Balaban J connectivity index is 2.09. The maximum atomic E-state index is 4.56. The highest BCUT2D eigenvalue weighted by Crippen LogP contribution is 2.18. The lowest BCUT2D eigenvalue weighted by Gasteiger charge is -2.40. The minimum atomic E-state index is 0.643. The van der Waals surface area contributed by atoms with E-state index in [0.29, 0.717) is 12.1 Å². The quantitative estimate of drug-likeness (QED) is 0.882. The molecule has 2 atom stereocenters. The van der Waals surface area contributed by atoms with Crippen LogP contribution in [0.5, 0.6) is 0 Å². The Labute approximate surface area is 117 Å². The van der Waals surface area contributed by atoms with Crippen molar-refractivity contribution in [2.24, 2.45) is 7.05 Å². The van der Waals surface area contributed by atoms with Gasteiger partial charge in [-0.3, -0.25) is 9.58 Å². The second kappa shape index (κ2) is 6.53. The molecule has 1 fully saturated rings. The number of rotatable bonds is 5. The molecule has 0 radical (unpaired) electrons. The SMILES string of the molecule is CCc1nn(C)cc1CN1CC(CC)NCC1CC. The van der Waals surface area contributed by atoms with Gasteiger partial charge in [0.15, 0.2) is 0 Å². The first-order chi connectivity index (χ1) is 9.17. The fourth-order valence-electron chi connectivity index (χ4n) is 3.03. The lowest BCUT2D eigenvalue weighted by Crippen LogP contribution is -2.55. The summed E-state index contributed by atoms with van der Waals surface area (Å²) >= 11 is 0. The fraction of sp³-hybridized carbons (Fsp3) is 0.800. The van der Waals surface area contributed by atoms with E-state index in [1.807, 2.05) is 11.7 Å². The van der Waals surface area contributed by atoms with Crippen LogP contribution in [-0.4, -0.2) is 39.9 Å². The average Bonchev–Trinajstić information content (AvgIpc) is 2.78. The van der Waals surface area contributed by atoms with Crippen LogP contribution >= 0.6 is 0 Å². The van der Waals surface area contributed by atoms with E-state index in [-0.39, 0.29) is 0 Å². The third-order valence-electron chi connectivity index (χ3n) is 4.28. The summed E-state index contributed by atoms with van der Waals surface area (Å²) in [5.41, 5.74) is 2.66. The van der Waals surface area contributed by atoms with Crippen molar-refractivity contribution in [2.45, 2.75) is 58.7 Å². The number of nitrogens with zero attached hydrogens (tertiary/aromatic N) is 3. The van der Waals surface area contributed by atoms with Gasteiger partial charge in [0.05, 0.1) is 5.69 Å². The van der Waals surface area contributed by atoms with Gasteiger partial charge in [-0.15, -0.1) is 0 Å². The highest BCUT2D eigenvalue weighted by molar-refractivity contribution is 5.17. The zero-order valence-corrected chi connectivity index (χ0v) is 12.8. The molecule has 1 aliphatic rings. The van der Waals surface area contributed by atoms with Crippen LogP contribution in [0.3, 0.4) is 0 Å². The van der Waals surface area contributed by atoms with Gasteiger partial charge in [0, 0.05) is 50.5 Å². The molecule has 2 heterocycles. The predicted molar refractivity (Wildman–Crippen MR) is 79.2 cm³/mol. The van der Waals surface area contributed by atoms with Crippen molar-refractivity contribution in [3.63, 3.8) is 0 Å². The summed E-state index contributed by atoms with van der Waals surface area (Å²) in [6.45, 7) is 10.1. The molecule has 1 aromatic heterocycles. The zero-order chi connectivity index (χ0) is 13.8. The van der Waals surface area contributed by atoms with Gasteiger partial charge in [0.25, 0.3) is 0 Å². The molecule has 108 valence electrons. The van der Waals surface area contributed by atoms with Gasteiger partial charge in [0.2, 0.25) is 0 Å². The van der Waals surface area contributed by atoms with Crippen LogP contribution < -0.4 is 5.32 Å². The van der Waals surface area contributed by atoms with E-state index in [1.54, 1.807) is 0 Å². The standard InChI is InChI=1S/C15H28N4/c1-5-13-11-19(14(6-2)8-16-13)10-12-9-18(4)17-15(12)7-3/h9,13-14,16H,5-8,10-11H2,1-4H3. The van der Waals surface area contributed by atoms with Crippen LogP contribution in [0, 0.1) is 0 Å². The maximum absolute atomic E-state index is 4.56. The number of hydrogen-bond donors (Lipinski definition) is 1. The van der Waals surface area contributed by atoms with Crippen molar-refractivity contribution >= 4 is 0 Å². The summed E-state index contributed by atoms with van der Waals surface area (Å²) in [4.78, 5) is 2.64. The molecule has 2 unspecified atom stereocenters. The molecule has 0 saturated carbocycles. The molecule has 0 aromatic carbocycles. The van der Waals surface area contributed by atoms with E-state index in [0.717, 1.165) is 26.1 Å². The third-order valence-corrected chi connectivity index (χ3v) is 4.28.